The number of allylic oxidation sites excluding steroid dienone is 1. The van der Waals surface area contributed by atoms with E-state index in [2.05, 4.69) is 19.2 Å². The molecule has 0 fully saturated rings. The normalized spacial score (nSPS) is 17.0. The molecule has 0 aromatic heterocycles. The lowest BCUT2D eigenvalue weighted by atomic mass is 9.94. The number of rotatable bonds is 6. The van der Waals surface area contributed by atoms with Crippen LogP contribution in [0.3, 0.4) is 0 Å². The van der Waals surface area contributed by atoms with E-state index >= 15 is 0 Å². The lowest BCUT2D eigenvalue weighted by molar-refractivity contribution is -0.136. The molecule has 1 unspecified atom stereocenters. The molecule has 1 atom stereocenters. The molecule has 0 radical (unpaired) electrons. The van der Waals surface area contributed by atoms with E-state index in [0.29, 0.717) is 34.9 Å². The van der Waals surface area contributed by atoms with Crippen LogP contribution in [0.1, 0.15) is 49.2 Å². The standard InChI is InChI=1S/C20H26N2O5/c1-12(2)10-11-22-13(3)16(19(24)27-5)17(21-20(22)25)14-6-8-15(9-7-14)18(23)26-4/h6-9,12,17H,10-11H2,1-5H3,(H,21,25). The van der Waals surface area contributed by atoms with Crippen LogP contribution in [0.15, 0.2) is 35.5 Å². The molecular formula is C20H26N2O5. The van der Waals surface area contributed by atoms with E-state index in [-0.39, 0.29) is 6.03 Å². The Bertz CT molecular complexity index is 752. The second-order valence-electron chi connectivity index (χ2n) is 6.82. The number of nitrogens with one attached hydrogen (secondary N) is 1. The van der Waals surface area contributed by atoms with Crippen LogP contribution in [-0.4, -0.2) is 43.6 Å². The van der Waals surface area contributed by atoms with Crippen LogP contribution >= 0.6 is 0 Å². The van der Waals surface area contributed by atoms with Gasteiger partial charge in [0.2, 0.25) is 0 Å². The van der Waals surface area contributed by atoms with Gasteiger partial charge in [-0.1, -0.05) is 26.0 Å². The molecule has 146 valence electrons. The topological polar surface area (TPSA) is 84.9 Å². The number of ether oxygens (including phenoxy) is 2. The molecule has 2 amide bonds. The Kier molecular flexibility index (Phi) is 6.60. The summed E-state index contributed by atoms with van der Waals surface area (Å²) in [6.07, 6.45) is 0.817. The van der Waals surface area contributed by atoms with Crippen molar-refractivity contribution >= 4 is 18.0 Å². The summed E-state index contributed by atoms with van der Waals surface area (Å²) in [6.45, 7) is 6.42. The first kappa shape index (κ1) is 20.5. The van der Waals surface area contributed by atoms with Gasteiger partial charge >= 0.3 is 18.0 Å². The fourth-order valence-electron chi connectivity index (χ4n) is 2.99. The summed E-state index contributed by atoms with van der Waals surface area (Å²) in [6, 6.07) is 5.68. The van der Waals surface area contributed by atoms with Gasteiger partial charge < -0.3 is 14.8 Å². The summed E-state index contributed by atoms with van der Waals surface area (Å²) in [7, 11) is 2.62. The smallest absolute Gasteiger partial charge is 0.337 e. The second-order valence-corrected chi connectivity index (χ2v) is 6.82. The predicted molar refractivity (Wildman–Crippen MR) is 99.9 cm³/mol. The number of nitrogens with zero attached hydrogens (tertiary/aromatic N) is 1. The van der Waals surface area contributed by atoms with E-state index < -0.39 is 18.0 Å². The Morgan fingerprint density at radius 2 is 1.70 bits per heavy atom. The van der Waals surface area contributed by atoms with Gasteiger partial charge in [0.05, 0.1) is 31.4 Å². The lowest BCUT2D eigenvalue weighted by Gasteiger charge is -2.35. The fourth-order valence-corrected chi connectivity index (χ4v) is 2.99. The maximum absolute atomic E-state index is 12.6. The maximum atomic E-state index is 12.6. The highest BCUT2D eigenvalue weighted by atomic mass is 16.5. The Morgan fingerprint density at radius 1 is 1.11 bits per heavy atom. The van der Waals surface area contributed by atoms with E-state index in [4.69, 9.17) is 9.47 Å². The lowest BCUT2D eigenvalue weighted by Crippen LogP contribution is -2.48. The number of carbonyl (C=O) groups is 3. The molecule has 0 spiro atoms. The van der Waals surface area contributed by atoms with Crippen molar-refractivity contribution in [1.29, 1.82) is 0 Å². The van der Waals surface area contributed by atoms with Crippen molar-refractivity contribution < 1.29 is 23.9 Å². The van der Waals surface area contributed by atoms with Crippen molar-refractivity contribution in [3.05, 3.63) is 46.7 Å². The Hall–Kier alpha value is -2.83. The Balaban J connectivity index is 2.41. The van der Waals surface area contributed by atoms with E-state index in [0.717, 1.165) is 6.42 Å². The number of hydrogen-bond acceptors (Lipinski definition) is 5. The molecule has 1 aromatic carbocycles. The van der Waals surface area contributed by atoms with E-state index in [9.17, 15) is 14.4 Å². The molecular weight excluding hydrogens is 348 g/mol. The number of urea groups is 1. The van der Waals surface area contributed by atoms with E-state index in [1.54, 1.807) is 36.1 Å². The summed E-state index contributed by atoms with van der Waals surface area (Å²) in [4.78, 5) is 38.3. The monoisotopic (exact) mass is 374 g/mol. The number of methoxy groups -OCH3 is 2. The Labute approximate surface area is 159 Å². The predicted octanol–water partition coefficient (Wildman–Crippen LogP) is 3.03. The van der Waals surface area contributed by atoms with Crippen LogP contribution < -0.4 is 5.32 Å². The van der Waals surface area contributed by atoms with Gasteiger partial charge in [-0.15, -0.1) is 0 Å². The van der Waals surface area contributed by atoms with Crippen molar-refractivity contribution in [1.82, 2.24) is 10.2 Å². The minimum atomic E-state index is -0.646. The van der Waals surface area contributed by atoms with Gasteiger partial charge in [-0.25, -0.2) is 14.4 Å². The number of carbonyl (C=O) groups excluding carboxylic acids is 3. The second kappa shape index (κ2) is 8.70. The maximum Gasteiger partial charge on any atom is 0.337 e. The molecule has 27 heavy (non-hydrogen) atoms. The highest BCUT2D eigenvalue weighted by molar-refractivity contribution is 5.95. The van der Waals surface area contributed by atoms with E-state index in [1.807, 2.05) is 0 Å². The quantitative estimate of drug-likeness (QED) is 0.774. The largest absolute Gasteiger partial charge is 0.466 e. The molecule has 1 aliphatic rings. The van der Waals surface area contributed by atoms with Crippen molar-refractivity contribution in [2.24, 2.45) is 5.92 Å². The SMILES string of the molecule is COC(=O)C1=C(C)N(CCC(C)C)C(=O)NC1c1ccc(C(=O)OC)cc1. The first-order valence-corrected chi connectivity index (χ1v) is 8.85. The van der Waals surface area contributed by atoms with Crippen LogP contribution in [0.4, 0.5) is 4.79 Å². The Morgan fingerprint density at radius 3 is 2.22 bits per heavy atom. The number of benzene rings is 1. The molecule has 7 nitrogen and oxygen atoms in total. The summed E-state index contributed by atoms with van der Waals surface area (Å²) in [5.41, 5.74) is 2.03. The zero-order valence-corrected chi connectivity index (χ0v) is 16.4. The molecule has 1 heterocycles. The number of esters is 2. The molecule has 7 heteroatoms. The van der Waals surface area contributed by atoms with Crippen molar-refractivity contribution in [2.45, 2.75) is 33.2 Å². The summed E-state index contributed by atoms with van der Waals surface area (Å²) in [5, 5.41) is 2.88. The van der Waals surface area contributed by atoms with Crippen LogP contribution in [-0.2, 0) is 14.3 Å². The zero-order valence-electron chi connectivity index (χ0n) is 16.4. The van der Waals surface area contributed by atoms with Crippen molar-refractivity contribution in [3.8, 4) is 0 Å². The average Bonchev–Trinajstić information content (AvgIpc) is 2.66. The van der Waals surface area contributed by atoms with Crippen LogP contribution in [0.2, 0.25) is 0 Å². The summed E-state index contributed by atoms with van der Waals surface area (Å²) in [5.74, 6) is -0.520. The zero-order chi connectivity index (χ0) is 20.1. The van der Waals surface area contributed by atoms with Crippen molar-refractivity contribution in [2.75, 3.05) is 20.8 Å². The number of hydrogen-bond donors (Lipinski definition) is 1. The average molecular weight is 374 g/mol. The first-order chi connectivity index (χ1) is 12.8. The van der Waals surface area contributed by atoms with Gasteiger partial charge in [-0.3, -0.25) is 4.90 Å². The third-order valence-corrected chi connectivity index (χ3v) is 4.60. The highest BCUT2D eigenvalue weighted by Gasteiger charge is 2.36. The van der Waals surface area contributed by atoms with Crippen LogP contribution in [0, 0.1) is 5.92 Å². The molecule has 0 saturated heterocycles. The molecule has 1 aromatic rings. The van der Waals surface area contributed by atoms with Crippen LogP contribution in [0.25, 0.3) is 0 Å². The third kappa shape index (κ3) is 4.48. The fraction of sp³-hybridized carbons (Fsp3) is 0.450. The molecule has 1 aliphatic heterocycles. The van der Waals surface area contributed by atoms with Crippen molar-refractivity contribution in [3.63, 3.8) is 0 Å². The van der Waals surface area contributed by atoms with Gasteiger partial charge in [0.15, 0.2) is 0 Å². The van der Waals surface area contributed by atoms with E-state index in [1.165, 1.54) is 14.2 Å². The molecule has 0 bridgehead atoms. The number of amides is 2. The van der Waals surface area contributed by atoms with Gasteiger partial charge in [0.1, 0.15) is 0 Å². The minimum Gasteiger partial charge on any atom is -0.466 e. The summed E-state index contributed by atoms with van der Waals surface area (Å²) >= 11 is 0. The van der Waals surface area contributed by atoms with Gasteiger partial charge in [0, 0.05) is 12.2 Å². The van der Waals surface area contributed by atoms with Crippen LogP contribution in [0.5, 0.6) is 0 Å². The molecule has 1 N–H and O–H groups in total. The molecule has 0 saturated carbocycles. The van der Waals surface area contributed by atoms with Gasteiger partial charge in [-0.2, -0.15) is 0 Å². The van der Waals surface area contributed by atoms with Gasteiger partial charge in [-0.05, 0) is 37.0 Å². The third-order valence-electron chi connectivity index (χ3n) is 4.60. The first-order valence-electron chi connectivity index (χ1n) is 8.85. The van der Waals surface area contributed by atoms with Gasteiger partial charge in [0.25, 0.3) is 0 Å². The molecule has 0 aliphatic carbocycles. The molecule has 2 rings (SSSR count). The minimum absolute atomic E-state index is 0.261. The summed E-state index contributed by atoms with van der Waals surface area (Å²) < 4.78 is 9.65. The highest BCUT2D eigenvalue weighted by Crippen LogP contribution is 2.31.